The van der Waals surface area contributed by atoms with Crippen molar-refractivity contribution in [3.8, 4) is 0 Å². The average Bonchev–Trinajstić information content (AvgIpc) is 2.41. The van der Waals surface area contributed by atoms with Gasteiger partial charge in [0.15, 0.2) is 0 Å². The Bertz CT molecular complexity index is 211. The Morgan fingerprint density at radius 1 is 1.15 bits per heavy atom. The van der Waals surface area contributed by atoms with Gasteiger partial charge in [-0.1, -0.05) is 0 Å². The quantitative estimate of drug-likeness (QED) is 0.580. The van der Waals surface area contributed by atoms with E-state index in [9.17, 15) is 5.11 Å². The Kier molecular flexibility index (Phi) is 1.95. The number of piperazine rings is 1. The van der Waals surface area contributed by atoms with E-state index < -0.39 is 0 Å². The Morgan fingerprint density at radius 3 is 2.08 bits per heavy atom. The van der Waals surface area contributed by atoms with Gasteiger partial charge in [0.1, 0.15) is 0 Å². The van der Waals surface area contributed by atoms with Crippen molar-refractivity contribution in [2.75, 3.05) is 20.1 Å². The normalized spacial score (nSPS) is 41.8. The van der Waals surface area contributed by atoms with Crippen LogP contribution in [0.5, 0.6) is 0 Å². The number of hydrogen-bond donors (Lipinski definition) is 1. The summed E-state index contributed by atoms with van der Waals surface area (Å²) >= 11 is 0. The summed E-state index contributed by atoms with van der Waals surface area (Å²) in [5.41, 5.74) is 0.196. The third-order valence-electron chi connectivity index (χ3n) is 3.48. The van der Waals surface area contributed by atoms with Gasteiger partial charge in [-0.05, 0) is 27.8 Å². The summed E-state index contributed by atoms with van der Waals surface area (Å²) in [4.78, 5) is 4.71. The van der Waals surface area contributed by atoms with Crippen LogP contribution in [0, 0.1) is 0 Å². The van der Waals surface area contributed by atoms with Gasteiger partial charge < -0.3 is 5.11 Å². The first kappa shape index (κ1) is 9.44. The summed E-state index contributed by atoms with van der Waals surface area (Å²) in [5.74, 6) is 0. The van der Waals surface area contributed by atoms with Crippen molar-refractivity contribution in [3.63, 3.8) is 0 Å². The predicted octanol–water partition coefficient (Wildman–Crippen LogP) is 0.144. The molecule has 76 valence electrons. The van der Waals surface area contributed by atoms with Crippen LogP contribution in [0.4, 0.5) is 0 Å². The van der Waals surface area contributed by atoms with Crippen LogP contribution in [0.15, 0.2) is 0 Å². The number of aliphatic hydroxyl groups excluding tert-OH is 1. The van der Waals surface area contributed by atoms with Crippen LogP contribution in [-0.4, -0.2) is 58.8 Å². The minimum atomic E-state index is -0.135. The average molecular weight is 184 g/mol. The van der Waals surface area contributed by atoms with Crippen LogP contribution in [0.3, 0.4) is 0 Å². The molecule has 2 aliphatic rings. The third kappa shape index (κ3) is 1.30. The van der Waals surface area contributed by atoms with E-state index in [4.69, 9.17) is 0 Å². The Labute approximate surface area is 80.3 Å². The number of rotatable bonds is 0. The molecule has 3 heteroatoms. The predicted molar refractivity (Wildman–Crippen MR) is 52.7 cm³/mol. The van der Waals surface area contributed by atoms with Crippen LogP contribution < -0.4 is 0 Å². The first-order valence-electron chi connectivity index (χ1n) is 5.06. The minimum absolute atomic E-state index is 0.135. The highest BCUT2D eigenvalue weighted by atomic mass is 16.3. The van der Waals surface area contributed by atoms with Gasteiger partial charge >= 0.3 is 0 Å². The molecule has 2 fully saturated rings. The van der Waals surface area contributed by atoms with E-state index in [0.717, 1.165) is 13.1 Å². The Balaban J connectivity index is 2.16. The fourth-order valence-electron chi connectivity index (χ4n) is 2.69. The molecule has 0 spiro atoms. The molecule has 2 saturated heterocycles. The second kappa shape index (κ2) is 2.69. The zero-order valence-corrected chi connectivity index (χ0v) is 8.99. The number of likely N-dealkylation sites (N-methyl/N-ethyl adjacent to an activating group) is 1. The van der Waals surface area contributed by atoms with Gasteiger partial charge in [-0.15, -0.1) is 0 Å². The lowest BCUT2D eigenvalue weighted by atomic mass is 10.0. The van der Waals surface area contributed by atoms with Crippen LogP contribution in [-0.2, 0) is 0 Å². The Morgan fingerprint density at radius 2 is 1.77 bits per heavy atom. The highest BCUT2D eigenvalue weighted by Gasteiger charge is 2.51. The van der Waals surface area contributed by atoms with Crippen molar-refractivity contribution in [2.45, 2.75) is 44.5 Å². The molecule has 0 aromatic carbocycles. The lowest BCUT2D eigenvalue weighted by Crippen LogP contribution is -2.52. The van der Waals surface area contributed by atoms with Crippen molar-refractivity contribution < 1.29 is 5.11 Å². The van der Waals surface area contributed by atoms with Crippen molar-refractivity contribution in [1.29, 1.82) is 0 Å². The fraction of sp³-hybridized carbons (Fsp3) is 1.00. The van der Waals surface area contributed by atoms with E-state index in [1.165, 1.54) is 0 Å². The lowest BCUT2D eigenvalue weighted by Gasteiger charge is -2.40. The van der Waals surface area contributed by atoms with Gasteiger partial charge in [0.25, 0.3) is 0 Å². The molecule has 1 N–H and O–H groups in total. The molecule has 0 aliphatic carbocycles. The van der Waals surface area contributed by atoms with Crippen molar-refractivity contribution >= 4 is 0 Å². The van der Waals surface area contributed by atoms with E-state index in [1.54, 1.807) is 0 Å². The summed E-state index contributed by atoms with van der Waals surface area (Å²) in [6.07, 6.45) is -0.135. The molecule has 2 bridgehead atoms. The van der Waals surface area contributed by atoms with Crippen LogP contribution in [0.1, 0.15) is 20.8 Å². The zero-order valence-electron chi connectivity index (χ0n) is 8.99. The topological polar surface area (TPSA) is 26.7 Å². The maximum absolute atomic E-state index is 9.95. The first-order chi connectivity index (χ1) is 5.91. The molecule has 0 aromatic heterocycles. The second-order valence-corrected chi connectivity index (χ2v) is 5.39. The number of hydrogen-bond acceptors (Lipinski definition) is 3. The maximum Gasteiger partial charge on any atom is 0.0875 e. The highest BCUT2D eigenvalue weighted by molar-refractivity contribution is 5.08. The summed E-state index contributed by atoms with van der Waals surface area (Å²) in [5, 5.41) is 9.95. The molecule has 0 radical (unpaired) electrons. The van der Waals surface area contributed by atoms with Gasteiger partial charge in [0.05, 0.1) is 12.1 Å². The van der Waals surface area contributed by atoms with E-state index in [1.807, 2.05) is 0 Å². The second-order valence-electron chi connectivity index (χ2n) is 5.39. The van der Waals surface area contributed by atoms with E-state index in [-0.39, 0.29) is 11.6 Å². The Hall–Kier alpha value is -0.120. The SMILES string of the molecule is CN1CC2C(O)C1CN2C(C)(C)C. The molecule has 2 heterocycles. The third-order valence-corrected chi connectivity index (χ3v) is 3.48. The van der Waals surface area contributed by atoms with E-state index in [0.29, 0.717) is 12.1 Å². The van der Waals surface area contributed by atoms with Crippen LogP contribution >= 0.6 is 0 Å². The fourth-order valence-corrected chi connectivity index (χ4v) is 2.69. The van der Waals surface area contributed by atoms with Crippen LogP contribution in [0.2, 0.25) is 0 Å². The van der Waals surface area contributed by atoms with Gasteiger partial charge in [-0.25, -0.2) is 0 Å². The molecule has 13 heavy (non-hydrogen) atoms. The highest BCUT2D eigenvalue weighted by Crippen LogP contribution is 2.34. The largest absolute Gasteiger partial charge is 0.390 e. The van der Waals surface area contributed by atoms with Crippen molar-refractivity contribution in [1.82, 2.24) is 9.80 Å². The number of likely N-dealkylation sites (tertiary alicyclic amines) is 2. The van der Waals surface area contributed by atoms with E-state index in [2.05, 4.69) is 37.6 Å². The smallest absolute Gasteiger partial charge is 0.0875 e. The maximum atomic E-state index is 9.95. The van der Waals surface area contributed by atoms with Gasteiger partial charge in [0, 0.05) is 24.7 Å². The molecule has 0 amide bonds. The molecule has 3 unspecified atom stereocenters. The molecule has 2 aliphatic heterocycles. The standard InChI is InChI=1S/C10H20N2O/c1-10(2,3)12-6-7-9(13)8(12)5-11(7)4/h7-9,13H,5-6H2,1-4H3. The molecule has 3 nitrogen and oxygen atoms in total. The molecule has 2 rings (SSSR count). The monoisotopic (exact) mass is 184 g/mol. The summed E-state index contributed by atoms with van der Waals surface area (Å²) in [6.45, 7) is 8.70. The summed E-state index contributed by atoms with van der Waals surface area (Å²) in [6, 6.07) is 0.722. The molecular weight excluding hydrogens is 164 g/mol. The summed E-state index contributed by atoms with van der Waals surface area (Å²) in [7, 11) is 2.11. The van der Waals surface area contributed by atoms with Crippen LogP contribution in [0.25, 0.3) is 0 Å². The van der Waals surface area contributed by atoms with Crippen molar-refractivity contribution in [3.05, 3.63) is 0 Å². The zero-order chi connectivity index (χ0) is 9.80. The molecule has 3 atom stereocenters. The molecule has 0 saturated carbocycles. The first-order valence-corrected chi connectivity index (χ1v) is 5.06. The lowest BCUT2D eigenvalue weighted by molar-refractivity contribution is 0.0589. The number of nitrogens with zero attached hydrogens (tertiary/aromatic N) is 2. The van der Waals surface area contributed by atoms with E-state index >= 15 is 0 Å². The van der Waals surface area contributed by atoms with Gasteiger partial charge in [-0.3, -0.25) is 9.80 Å². The molecular formula is C10H20N2O. The van der Waals surface area contributed by atoms with Gasteiger partial charge in [0.2, 0.25) is 0 Å². The van der Waals surface area contributed by atoms with Crippen molar-refractivity contribution in [2.24, 2.45) is 0 Å². The summed E-state index contributed by atoms with van der Waals surface area (Å²) < 4.78 is 0. The minimum Gasteiger partial charge on any atom is -0.390 e. The number of aliphatic hydroxyl groups is 1. The van der Waals surface area contributed by atoms with Gasteiger partial charge in [-0.2, -0.15) is 0 Å². The number of fused-ring (bicyclic) bond motifs is 2. The molecule has 0 aromatic rings.